The standard InChI is InChI=1S/C31H26Cl2N4O5S/c1-42-27(38)18-26-30(41)37(31(43-26)34-28(39)24-12-9-22(32)17-25(24)33)23-10-7-21(8-11-23)29(40)36-15-13-35(14-16-36)19-20-5-3-2-4-6-20/h2-12,17-18H,13-16,19H2,1H3. The number of hydrogen-bond acceptors (Lipinski definition) is 7. The number of anilines is 1. The van der Waals surface area contributed by atoms with Crippen molar-refractivity contribution in [1.82, 2.24) is 9.80 Å². The Morgan fingerprint density at radius 1 is 0.953 bits per heavy atom. The van der Waals surface area contributed by atoms with Crippen molar-refractivity contribution in [3.63, 3.8) is 0 Å². The van der Waals surface area contributed by atoms with Crippen LogP contribution in [-0.4, -0.2) is 71.9 Å². The van der Waals surface area contributed by atoms with E-state index in [1.807, 2.05) is 23.1 Å². The van der Waals surface area contributed by atoms with E-state index in [-0.39, 0.29) is 26.6 Å². The molecule has 3 amide bonds. The summed E-state index contributed by atoms with van der Waals surface area (Å²) in [5.41, 5.74) is 2.16. The van der Waals surface area contributed by atoms with Crippen molar-refractivity contribution in [2.75, 3.05) is 38.2 Å². The van der Waals surface area contributed by atoms with E-state index in [1.165, 1.54) is 35.8 Å². The lowest BCUT2D eigenvalue weighted by Gasteiger charge is -2.34. The van der Waals surface area contributed by atoms with Gasteiger partial charge in [0.25, 0.3) is 17.7 Å². The van der Waals surface area contributed by atoms with Gasteiger partial charge in [0.15, 0.2) is 5.17 Å². The Morgan fingerprint density at radius 2 is 1.65 bits per heavy atom. The largest absolute Gasteiger partial charge is 0.466 e. The molecular weight excluding hydrogens is 611 g/mol. The molecule has 43 heavy (non-hydrogen) atoms. The number of amidine groups is 1. The van der Waals surface area contributed by atoms with E-state index in [0.29, 0.717) is 29.4 Å². The van der Waals surface area contributed by atoms with Crippen LogP contribution in [-0.2, 0) is 20.9 Å². The van der Waals surface area contributed by atoms with Gasteiger partial charge < -0.3 is 9.64 Å². The smallest absolute Gasteiger partial charge is 0.331 e. The van der Waals surface area contributed by atoms with Crippen molar-refractivity contribution < 1.29 is 23.9 Å². The van der Waals surface area contributed by atoms with Crippen molar-refractivity contribution >= 4 is 69.5 Å². The Morgan fingerprint density at radius 3 is 2.30 bits per heavy atom. The number of aliphatic imine (C=N–C) groups is 1. The first-order valence-corrected chi connectivity index (χ1v) is 14.9. The number of halogens is 2. The molecule has 0 aliphatic carbocycles. The molecule has 2 aliphatic heterocycles. The Bertz CT molecular complexity index is 1620. The maximum Gasteiger partial charge on any atom is 0.331 e. The third kappa shape index (κ3) is 7.17. The van der Waals surface area contributed by atoms with Crippen molar-refractivity contribution in [2.24, 2.45) is 4.99 Å². The zero-order valence-electron chi connectivity index (χ0n) is 23.0. The second-order valence-corrected chi connectivity index (χ2v) is 11.6. The SMILES string of the molecule is COC(=O)C=C1SC(=NC(=O)c2ccc(Cl)cc2Cl)N(c2ccc(C(=O)N3CCN(Cc4ccccc4)CC3)cc2)C1=O. The molecule has 12 heteroatoms. The van der Waals surface area contributed by atoms with Gasteiger partial charge in [0, 0.05) is 49.4 Å². The van der Waals surface area contributed by atoms with Crippen LogP contribution in [0, 0.1) is 0 Å². The molecular formula is C31H26Cl2N4O5S. The van der Waals surface area contributed by atoms with Gasteiger partial charge in [-0.25, -0.2) is 4.79 Å². The minimum Gasteiger partial charge on any atom is -0.466 e. The van der Waals surface area contributed by atoms with Crippen LogP contribution in [0.25, 0.3) is 0 Å². The summed E-state index contributed by atoms with van der Waals surface area (Å²) in [4.78, 5) is 61.0. The summed E-state index contributed by atoms with van der Waals surface area (Å²) in [7, 11) is 1.20. The predicted octanol–water partition coefficient (Wildman–Crippen LogP) is 5.28. The van der Waals surface area contributed by atoms with Gasteiger partial charge in [-0.05, 0) is 59.8 Å². The van der Waals surface area contributed by atoms with Crippen LogP contribution in [0.15, 0.2) is 88.8 Å². The lowest BCUT2D eigenvalue weighted by molar-refractivity contribution is -0.135. The van der Waals surface area contributed by atoms with Gasteiger partial charge >= 0.3 is 5.97 Å². The molecule has 0 radical (unpaired) electrons. The van der Waals surface area contributed by atoms with Crippen LogP contribution in [0.4, 0.5) is 5.69 Å². The van der Waals surface area contributed by atoms with E-state index in [4.69, 9.17) is 23.2 Å². The summed E-state index contributed by atoms with van der Waals surface area (Å²) in [6.07, 6.45) is 1.04. The molecule has 2 fully saturated rings. The minimum absolute atomic E-state index is 0.0183. The fourth-order valence-corrected chi connectivity index (χ4v) is 6.07. The third-order valence-electron chi connectivity index (χ3n) is 6.90. The molecule has 2 saturated heterocycles. The fraction of sp³-hybridized carbons (Fsp3) is 0.194. The van der Waals surface area contributed by atoms with Crippen molar-refractivity contribution in [2.45, 2.75) is 6.54 Å². The van der Waals surface area contributed by atoms with Gasteiger partial charge in [0.2, 0.25) is 0 Å². The number of thioether (sulfide) groups is 1. The number of methoxy groups -OCH3 is 1. The van der Waals surface area contributed by atoms with Crippen LogP contribution in [0.1, 0.15) is 26.3 Å². The van der Waals surface area contributed by atoms with E-state index in [1.54, 1.807) is 24.3 Å². The molecule has 3 aromatic rings. The van der Waals surface area contributed by atoms with Gasteiger partial charge in [-0.1, -0.05) is 53.5 Å². The first kappa shape index (κ1) is 30.5. The molecule has 3 aromatic carbocycles. The highest BCUT2D eigenvalue weighted by atomic mass is 35.5. The first-order chi connectivity index (χ1) is 20.7. The minimum atomic E-state index is -0.728. The van der Waals surface area contributed by atoms with Crippen molar-refractivity contribution in [1.29, 1.82) is 0 Å². The number of amides is 3. The van der Waals surface area contributed by atoms with Crippen LogP contribution in [0.2, 0.25) is 10.0 Å². The summed E-state index contributed by atoms with van der Waals surface area (Å²) in [5, 5.41) is 0.481. The Hall–Kier alpha value is -3.96. The molecule has 0 unspecified atom stereocenters. The van der Waals surface area contributed by atoms with E-state index in [9.17, 15) is 19.2 Å². The van der Waals surface area contributed by atoms with E-state index in [0.717, 1.165) is 37.5 Å². The monoisotopic (exact) mass is 636 g/mol. The fourth-order valence-electron chi connectivity index (χ4n) is 4.64. The quantitative estimate of drug-likeness (QED) is 0.268. The highest BCUT2D eigenvalue weighted by molar-refractivity contribution is 8.19. The summed E-state index contributed by atoms with van der Waals surface area (Å²) >= 11 is 13.0. The number of piperazine rings is 1. The van der Waals surface area contributed by atoms with Crippen molar-refractivity contribution in [3.05, 3.63) is 111 Å². The van der Waals surface area contributed by atoms with Gasteiger partial charge in [0.1, 0.15) is 0 Å². The summed E-state index contributed by atoms with van der Waals surface area (Å²) in [6, 6.07) is 21.1. The van der Waals surface area contributed by atoms with E-state index < -0.39 is 17.8 Å². The average molecular weight is 638 g/mol. The number of nitrogens with zero attached hydrogens (tertiary/aromatic N) is 4. The molecule has 0 atom stereocenters. The van der Waals surface area contributed by atoms with Crippen molar-refractivity contribution in [3.8, 4) is 0 Å². The third-order valence-corrected chi connectivity index (χ3v) is 8.41. The van der Waals surface area contributed by atoms with Gasteiger partial charge in [-0.2, -0.15) is 4.99 Å². The molecule has 5 rings (SSSR count). The van der Waals surface area contributed by atoms with Crippen LogP contribution >= 0.6 is 35.0 Å². The Kier molecular flexibility index (Phi) is 9.62. The number of carbonyl (C=O) groups excluding carboxylic acids is 4. The number of rotatable bonds is 6. The van der Waals surface area contributed by atoms with Crippen LogP contribution in [0.3, 0.4) is 0 Å². The number of benzene rings is 3. The predicted molar refractivity (Wildman–Crippen MR) is 167 cm³/mol. The Labute approximate surface area is 262 Å². The second-order valence-electron chi connectivity index (χ2n) is 9.70. The lowest BCUT2D eigenvalue weighted by Crippen LogP contribution is -2.48. The van der Waals surface area contributed by atoms with E-state index in [2.05, 4.69) is 26.8 Å². The van der Waals surface area contributed by atoms with Gasteiger partial charge in [-0.3, -0.25) is 24.2 Å². The number of carbonyl (C=O) groups is 4. The number of ether oxygens (including phenoxy) is 1. The van der Waals surface area contributed by atoms with Gasteiger partial charge in [0.05, 0.1) is 28.3 Å². The summed E-state index contributed by atoms with van der Waals surface area (Å²) in [5.74, 6) is -2.10. The zero-order chi connectivity index (χ0) is 30.5. The molecule has 0 N–H and O–H groups in total. The molecule has 0 spiro atoms. The number of hydrogen-bond donors (Lipinski definition) is 0. The van der Waals surface area contributed by atoms with Crippen LogP contribution < -0.4 is 4.90 Å². The molecule has 220 valence electrons. The first-order valence-electron chi connectivity index (χ1n) is 13.3. The topological polar surface area (TPSA) is 99.6 Å². The molecule has 0 aromatic heterocycles. The maximum absolute atomic E-state index is 13.3. The lowest BCUT2D eigenvalue weighted by atomic mass is 10.1. The van der Waals surface area contributed by atoms with Crippen LogP contribution in [0.5, 0.6) is 0 Å². The maximum atomic E-state index is 13.3. The average Bonchev–Trinajstić information content (AvgIpc) is 3.31. The normalized spacial score (nSPS) is 17.5. The van der Waals surface area contributed by atoms with Gasteiger partial charge in [-0.15, -0.1) is 0 Å². The molecule has 2 aliphatic rings. The molecule has 2 heterocycles. The molecule has 0 bridgehead atoms. The number of esters is 1. The molecule has 9 nitrogen and oxygen atoms in total. The van der Waals surface area contributed by atoms with E-state index >= 15 is 0 Å². The molecule has 0 saturated carbocycles. The highest BCUT2D eigenvalue weighted by Crippen LogP contribution is 2.36. The zero-order valence-corrected chi connectivity index (χ0v) is 25.4. The summed E-state index contributed by atoms with van der Waals surface area (Å²) < 4.78 is 4.67. The highest BCUT2D eigenvalue weighted by Gasteiger charge is 2.36. The second kappa shape index (κ2) is 13.6. The Balaban J connectivity index is 1.33. The summed E-state index contributed by atoms with van der Waals surface area (Å²) in [6.45, 7) is 3.56.